The second-order valence-corrected chi connectivity index (χ2v) is 8.31. The zero-order chi connectivity index (χ0) is 23.6. The highest BCUT2D eigenvalue weighted by Gasteiger charge is 2.39. The summed E-state index contributed by atoms with van der Waals surface area (Å²) in [6.45, 7) is 6.74. The zero-order valence-electron chi connectivity index (χ0n) is 19.5. The van der Waals surface area contributed by atoms with Crippen LogP contribution in [0.25, 0.3) is 0 Å². The van der Waals surface area contributed by atoms with Gasteiger partial charge in [0.25, 0.3) is 5.91 Å². The maximum Gasteiger partial charge on any atom is 0.255 e. The van der Waals surface area contributed by atoms with Gasteiger partial charge in [0, 0.05) is 50.2 Å². The molecule has 33 heavy (non-hydrogen) atoms. The average Bonchev–Trinajstić information content (AvgIpc) is 3.13. The second kappa shape index (κ2) is 12.5. The molecule has 2 aliphatic heterocycles. The Morgan fingerprint density at radius 1 is 1.12 bits per heavy atom. The van der Waals surface area contributed by atoms with Crippen molar-refractivity contribution >= 4 is 17.7 Å². The number of nitrogens with one attached hydrogen (secondary N) is 1. The topological polar surface area (TPSA) is 88.2 Å². The third-order valence-electron chi connectivity index (χ3n) is 5.76. The first-order valence-corrected chi connectivity index (χ1v) is 11.6. The summed E-state index contributed by atoms with van der Waals surface area (Å²) in [6.07, 6.45) is 2.32. The number of hydrogen-bond acceptors (Lipinski definition) is 6. The first-order valence-electron chi connectivity index (χ1n) is 11.6. The number of carbonyl (C=O) groups is 3. The van der Waals surface area contributed by atoms with Crippen LogP contribution in [0, 0.1) is 11.8 Å². The van der Waals surface area contributed by atoms with Crippen LogP contribution in [0.1, 0.15) is 54.1 Å². The number of fused-ring (bicyclic) bond motifs is 1. The molecule has 1 fully saturated rings. The van der Waals surface area contributed by atoms with Gasteiger partial charge in [-0.05, 0) is 37.6 Å². The third kappa shape index (κ3) is 6.87. The summed E-state index contributed by atoms with van der Waals surface area (Å²) in [5.41, 5.74) is 2.25. The minimum Gasteiger partial charge on any atom is -0.379 e. The summed E-state index contributed by atoms with van der Waals surface area (Å²) in [4.78, 5) is 40.3. The smallest absolute Gasteiger partial charge is 0.255 e. The predicted octanol–water partition coefficient (Wildman–Crippen LogP) is 1.56. The van der Waals surface area contributed by atoms with Gasteiger partial charge in [-0.25, -0.2) is 0 Å². The normalized spacial score (nSPS) is 17.7. The Kier molecular flexibility index (Phi) is 9.43. The van der Waals surface area contributed by atoms with Crippen LogP contribution in [0.5, 0.6) is 0 Å². The molecular weight excluding hydrogens is 422 g/mol. The molecule has 8 nitrogen and oxygen atoms in total. The monoisotopic (exact) mass is 455 g/mol. The van der Waals surface area contributed by atoms with Crippen LogP contribution in [0.2, 0.25) is 0 Å². The van der Waals surface area contributed by atoms with E-state index in [4.69, 9.17) is 9.47 Å². The maximum atomic E-state index is 12.9. The molecule has 1 atom stereocenters. The molecule has 0 aromatic heterocycles. The highest BCUT2D eigenvalue weighted by Crippen LogP contribution is 2.29. The van der Waals surface area contributed by atoms with Crippen molar-refractivity contribution in [3.8, 4) is 11.8 Å². The number of piperidine rings is 1. The summed E-state index contributed by atoms with van der Waals surface area (Å²) in [6, 6.07) is 4.89. The quantitative estimate of drug-likeness (QED) is 0.310. The maximum absolute atomic E-state index is 12.9. The van der Waals surface area contributed by atoms with E-state index in [-0.39, 0.29) is 18.2 Å². The number of nitrogens with zero attached hydrogens (tertiary/aromatic N) is 2. The van der Waals surface area contributed by atoms with Crippen molar-refractivity contribution in [3.63, 3.8) is 0 Å². The molecule has 0 aliphatic carbocycles. The van der Waals surface area contributed by atoms with Crippen molar-refractivity contribution in [2.45, 2.75) is 45.2 Å². The molecule has 8 heteroatoms. The molecule has 0 bridgehead atoms. The minimum absolute atomic E-state index is 0.178. The molecule has 3 amide bonds. The molecule has 2 heterocycles. The van der Waals surface area contributed by atoms with Gasteiger partial charge in [0.15, 0.2) is 0 Å². The highest BCUT2D eigenvalue weighted by atomic mass is 16.5. The van der Waals surface area contributed by atoms with Crippen molar-refractivity contribution in [1.82, 2.24) is 15.1 Å². The number of carbonyl (C=O) groups excluding carboxylic acids is 3. The van der Waals surface area contributed by atoms with E-state index in [0.29, 0.717) is 44.8 Å². The fourth-order valence-electron chi connectivity index (χ4n) is 3.91. The van der Waals surface area contributed by atoms with Gasteiger partial charge in [-0.3, -0.25) is 19.7 Å². The van der Waals surface area contributed by atoms with Crippen LogP contribution in [-0.2, 0) is 25.6 Å². The molecule has 1 aromatic carbocycles. The van der Waals surface area contributed by atoms with E-state index in [0.717, 1.165) is 37.2 Å². The van der Waals surface area contributed by atoms with E-state index < -0.39 is 11.9 Å². The van der Waals surface area contributed by atoms with Crippen LogP contribution in [0.3, 0.4) is 0 Å². The average molecular weight is 456 g/mol. The molecule has 0 spiro atoms. The Balaban J connectivity index is 1.47. The third-order valence-corrected chi connectivity index (χ3v) is 5.76. The van der Waals surface area contributed by atoms with Gasteiger partial charge in [0.05, 0.1) is 19.8 Å². The van der Waals surface area contributed by atoms with E-state index in [1.807, 2.05) is 19.2 Å². The first-order chi connectivity index (χ1) is 16.0. The molecule has 0 radical (unpaired) electrons. The molecule has 178 valence electrons. The first kappa shape index (κ1) is 24.9. The van der Waals surface area contributed by atoms with Gasteiger partial charge < -0.3 is 19.3 Å². The predicted molar refractivity (Wildman–Crippen MR) is 123 cm³/mol. The summed E-state index contributed by atoms with van der Waals surface area (Å²) >= 11 is 0. The number of rotatable bonds is 11. The molecule has 3 rings (SSSR count). The van der Waals surface area contributed by atoms with Crippen molar-refractivity contribution < 1.29 is 23.9 Å². The largest absolute Gasteiger partial charge is 0.379 e. The highest BCUT2D eigenvalue weighted by molar-refractivity contribution is 6.05. The summed E-state index contributed by atoms with van der Waals surface area (Å²) in [5.74, 6) is 5.54. The molecule has 2 aliphatic rings. The van der Waals surface area contributed by atoms with E-state index in [1.54, 1.807) is 11.0 Å². The van der Waals surface area contributed by atoms with Crippen LogP contribution in [-0.4, -0.2) is 80.1 Å². The Morgan fingerprint density at radius 2 is 1.91 bits per heavy atom. The van der Waals surface area contributed by atoms with E-state index in [2.05, 4.69) is 29.0 Å². The van der Waals surface area contributed by atoms with Gasteiger partial charge in [0.1, 0.15) is 6.04 Å². The van der Waals surface area contributed by atoms with Gasteiger partial charge in [-0.15, -0.1) is 0 Å². The Labute approximate surface area is 195 Å². The SMILES string of the molecule is CCCOCCOCCN(C)CCC#Cc1cccc2c1CN(C1CCC(=O)NC1=O)C2=O. The molecule has 1 unspecified atom stereocenters. The standard InChI is InChI=1S/C25H33N3O5/c1-3-14-32-16-17-33-15-13-27(2)12-5-4-7-19-8-6-9-20-21(19)18-28(25(20)31)22-10-11-23(29)26-24(22)30/h6,8-9,22H,3,5,10-18H2,1-2H3,(H,26,29,30). The number of benzene rings is 1. The van der Waals surface area contributed by atoms with Crippen molar-refractivity contribution in [1.29, 1.82) is 0 Å². The Hall–Kier alpha value is -2.73. The number of likely N-dealkylation sites (N-methyl/N-ethyl adjacent to an activating group) is 1. The van der Waals surface area contributed by atoms with Crippen molar-refractivity contribution in [2.24, 2.45) is 0 Å². The van der Waals surface area contributed by atoms with Gasteiger partial charge in [-0.2, -0.15) is 0 Å². The van der Waals surface area contributed by atoms with Crippen LogP contribution >= 0.6 is 0 Å². The zero-order valence-corrected chi connectivity index (χ0v) is 19.5. The van der Waals surface area contributed by atoms with Gasteiger partial charge in [-0.1, -0.05) is 24.8 Å². The fourth-order valence-corrected chi connectivity index (χ4v) is 3.91. The van der Waals surface area contributed by atoms with E-state index in [9.17, 15) is 14.4 Å². The van der Waals surface area contributed by atoms with Gasteiger partial charge in [0.2, 0.25) is 11.8 Å². The Morgan fingerprint density at radius 3 is 2.67 bits per heavy atom. The van der Waals surface area contributed by atoms with Crippen molar-refractivity contribution in [2.75, 3.05) is 46.6 Å². The Bertz CT molecular complexity index is 920. The lowest BCUT2D eigenvalue weighted by Gasteiger charge is -2.29. The van der Waals surface area contributed by atoms with Gasteiger partial charge >= 0.3 is 0 Å². The van der Waals surface area contributed by atoms with Crippen LogP contribution in [0.15, 0.2) is 18.2 Å². The number of ether oxygens (including phenoxy) is 2. The molecule has 1 aromatic rings. The molecule has 0 saturated carbocycles. The summed E-state index contributed by atoms with van der Waals surface area (Å²) in [5, 5.41) is 2.33. The second-order valence-electron chi connectivity index (χ2n) is 8.31. The lowest BCUT2D eigenvalue weighted by molar-refractivity contribution is -0.136. The minimum atomic E-state index is -0.613. The molecule has 1 saturated heterocycles. The van der Waals surface area contributed by atoms with E-state index >= 15 is 0 Å². The lowest BCUT2D eigenvalue weighted by atomic mass is 10.0. The van der Waals surface area contributed by atoms with E-state index in [1.165, 1.54) is 0 Å². The fraction of sp³-hybridized carbons (Fsp3) is 0.560. The summed E-state index contributed by atoms with van der Waals surface area (Å²) in [7, 11) is 2.04. The number of hydrogen-bond donors (Lipinski definition) is 1. The molecule has 1 N–H and O–H groups in total. The molecular formula is C25H33N3O5. The number of imide groups is 1. The van der Waals surface area contributed by atoms with Crippen molar-refractivity contribution in [3.05, 3.63) is 34.9 Å². The van der Waals surface area contributed by atoms with Crippen LogP contribution in [0.4, 0.5) is 0 Å². The summed E-state index contributed by atoms with van der Waals surface area (Å²) < 4.78 is 11.0. The van der Waals surface area contributed by atoms with Crippen LogP contribution < -0.4 is 5.32 Å². The number of amides is 3. The lowest BCUT2D eigenvalue weighted by Crippen LogP contribution is -2.52.